The summed E-state index contributed by atoms with van der Waals surface area (Å²) in [5, 5.41) is 2.98. The van der Waals surface area contributed by atoms with E-state index in [1.165, 1.54) is 10.8 Å². The number of rotatable bonds is 3. The lowest BCUT2D eigenvalue weighted by atomic mass is 9.92. The van der Waals surface area contributed by atoms with Crippen LogP contribution in [0.5, 0.6) is 0 Å². The summed E-state index contributed by atoms with van der Waals surface area (Å²) in [5.41, 5.74) is -0.0808. The second-order valence-electron chi connectivity index (χ2n) is 5.70. The zero-order chi connectivity index (χ0) is 13.2. The molecule has 0 saturated heterocycles. The van der Waals surface area contributed by atoms with Crippen LogP contribution in [0, 0.1) is 5.41 Å². The van der Waals surface area contributed by atoms with Crippen LogP contribution in [-0.4, -0.2) is 21.5 Å². The van der Waals surface area contributed by atoms with Crippen molar-refractivity contribution in [1.82, 2.24) is 14.9 Å². The molecule has 1 aromatic heterocycles. The lowest BCUT2D eigenvalue weighted by Gasteiger charge is -2.18. The Kier molecular flexibility index (Phi) is 3.50. The monoisotopic (exact) mass is 249 g/mol. The topological polar surface area (TPSA) is 64.0 Å². The summed E-state index contributed by atoms with van der Waals surface area (Å²) in [6, 6.07) is 1.88. The molecular formula is C13H19N3O2. The van der Waals surface area contributed by atoms with Gasteiger partial charge in [-0.2, -0.15) is 0 Å². The van der Waals surface area contributed by atoms with Gasteiger partial charge >= 0.3 is 5.69 Å². The van der Waals surface area contributed by atoms with Gasteiger partial charge in [0.15, 0.2) is 0 Å². The van der Waals surface area contributed by atoms with Gasteiger partial charge in [-0.15, -0.1) is 0 Å². The van der Waals surface area contributed by atoms with Crippen LogP contribution in [0.1, 0.15) is 33.1 Å². The molecule has 1 aliphatic rings. The van der Waals surface area contributed by atoms with Crippen LogP contribution < -0.4 is 11.0 Å². The number of hydrogen-bond donors (Lipinski definition) is 1. The molecule has 5 heteroatoms. The van der Waals surface area contributed by atoms with Crippen molar-refractivity contribution in [3.63, 3.8) is 0 Å². The first-order valence-electron chi connectivity index (χ1n) is 6.27. The van der Waals surface area contributed by atoms with Gasteiger partial charge in [0, 0.05) is 18.4 Å². The molecule has 0 spiro atoms. The van der Waals surface area contributed by atoms with Crippen LogP contribution in [0.3, 0.4) is 0 Å². The van der Waals surface area contributed by atoms with Crippen molar-refractivity contribution in [2.75, 3.05) is 0 Å². The van der Waals surface area contributed by atoms with Crippen LogP contribution in [0.2, 0.25) is 0 Å². The number of aromatic nitrogens is 2. The number of nitrogens with one attached hydrogen (secondary N) is 1. The van der Waals surface area contributed by atoms with E-state index in [4.69, 9.17) is 0 Å². The molecule has 0 aromatic carbocycles. The van der Waals surface area contributed by atoms with E-state index in [1.54, 1.807) is 12.3 Å². The van der Waals surface area contributed by atoms with Crippen molar-refractivity contribution in [3.8, 4) is 0 Å². The Balaban J connectivity index is 1.90. The van der Waals surface area contributed by atoms with Crippen LogP contribution in [-0.2, 0) is 11.3 Å². The molecule has 1 saturated carbocycles. The second kappa shape index (κ2) is 4.92. The maximum Gasteiger partial charge on any atom is 0.347 e. The Bertz CT molecular complexity index is 493. The van der Waals surface area contributed by atoms with E-state index in [0.29, 0.717) is 5.41 Å². The molecule has 0 aliphatic heterocycles. The van der Waals surface area contributed by atoms with E-state index in [0.717, 1.165) is 19.3 Å². The SMILES string of the molecule is CC1(C)CCC(NC(=O)Cn2cccnc2=O)C1. The van der Waals surface area contributed by atoms with E-state index in [2.05, 4.69) is 24.1 Å². The number of amides is 1. The highest BCUT2D eigenvalue weighted by molar-refractivity contribution is 5.76. The molecule has 1 aliphatic carbocycles. The van der Waals surface area contributed by atoms with Gasteiger partial charge in [-0.1, -0.05) is 13.8 Å². The first-order valence-corrected chi connectivity index (χ1v) is 6.27. The van der Waals surface area contributed by atoms with E-state index in [1.807, 2.05) is 0 Å². The Hall–Kier alpha value is -1.65. The fraction of sp³-hybridized carbons (Fsp3) is 0.615. The molecule has 5 nitrogen and oxygen atoms in total. The van der Waals surface area contributed by atoms with Crippen molar-refractivity contribution in [3.05, 3.63) is 28.9 Å². The van der Waals surface area contributed by atoms with Crippen LogP contribution >= 0.6 is 0 Å². The van der Waals surface area contributed by atoms with Crippen molar-refractivity contribution in [1.29, 1.82) is 0 Å². The maximum absolute atomic E-state index is 11.8. The highest BCUT2D eigenvalue weighted by atomic mass is 16.2. The predicted molar refractivity (Wildman–Crippen MR) is 68.1 cm³/mol. The Morgan fingerprint density at radius 2 is 2.39 bits per heavy atom. The van der Waals surface area contributed by atoms with Gasteiger partial charge in [-0.05, 0) is 30.7 Å². The third kappa shape index (κ3) is 3.18. The summed E-state index contributed by atoms with van der Waals surface area (Å²) in [4.78, 5) is 26.8. The zero-order valence-corrected chi connectivity index (χ0v) is 10.8. The van der Waals surface area contributed by atoms with E-state index in [-0.39, 0.29) is 24.2 Å². The summed E-state index contributed by atoms with van der Waals surface area (Å²) in [6.45, 7) is 4.47. The average molecular weight is 249 g/mol. The van der Waals surface area contributed by atoms with E-state index < -0.39 is 0 Å². The Labute approximate surface area is 106 Å². The predicted octanol–water partition coefficient (Wildman–Crippen LogP) is 0.938. The van der Waals surface area contributed by atoms with Gasteiger partial charge in [0.1, 0.15) is 6.54 Å². The van der Waals surface area contributed by atoms with Gasteiger partial charge in [0.2, 0.25) is 5.91 Å². The standard InChI is InChI=1S/C13H19N3O2/c1-13(2)5-4-10(8-13)15-11(17)9-16-7-3-6-14-12(16)18/h3,6-7,10H,4-5,8-9H2,1-2H3,(H,15,17). The lowest BCUT2D eigenvalue weighted by Crippen LogP contribution is -2.38. The minimum atomic E-state index is -0.389. The summed E-state index contributed by atoms with van der Waals surface area (Å²) in [7, 11) is 0. The van der Waals surface area contributed by atoms with Crippen molar-refractivity contribution >= 4 is 5.91 Å². The summed E-state index contributed by atoms with van der Waals surface area (Å²) in [6.07, 6.45) is 6.15. The van der Waals surface area contributed by atoms with Gasteiger partial charge in [0.05, 0.1) is 0 Å². The zero-order valence-electron chi connectivity index (χ0n) is 10.8. The molecule has 0 radical (unpaired) electrons. The first kappa shape index (κ1) is 12.8. The summed E-state index contributed by atoms with van der Waals surface area (Å²) < 4.78 is 1.31. The molecule has 2 rings (SSSR count). The third-order valence-corrected chi connectivity index (χ3v) is 3.43. The number of carbonyl (C=O) groups is 1. The highest BCUT2D eigenvalue weighted by Gasteiger charge is 2.31. The van der Waals surface area contributed by atoms with Gasteiger partial charge in [-0.3, -0.25) is 9.36 Å². The molecule has 0 bridgehead atoms. The first-order chi connectivity index (χ1) is 8.46. The molecule has 1 atom stereocenters. The fourth-order valence-corrected chi connectivity index (χ4v) is 2.49. The van der Waals surface area contributed by atoms with Gasteiger partial charge in [0.25, 0.3) is 0 Å². The summed E-state index contributed by atoms with van der Waals surface area (Å²) in [5.74, 6) is -0.118. The molecule has 1 amide bonds. The van der Waals surface area contributed by atoms with Gasteiger partial charge < -0.3 is 5.32 Å². The van der Waals surface area contributed by atoms with Crippen LogP contribution in [0.15, 0.2) is 23.3 Å². The minimum Gasteiger partial charge on any atom is -0.352 e. The molecule has 18 heavy (non-hydrogen) atoms. The van der Waals surface area contributed by atoms with E-state index in [9.17, 15) is 9.59 Å². The minimum absolute atomic E-state index is 0.0452. The largest absolute Gasteiger partial charge is 0.352 e. The number of nitrogens with zero attached hydrogens (tertiary/aromatic N) is 2. The Morgan fingerprint density at radius 1 is 1.61 bits per heavy atom. The Morgan fingerprint density at radius 3 is 3.00 bits per heavy atom. The number of carbonyl (C=O) groups excluding carboxylic acids is 1. The van der Waals surface area contributed by atoms with E-state index >= 15 is 0 Å². The highest BCUT2D eigenvalue weighted by Crippen LogP contribution is 2.36. The van der Waals surface area contributed by atoms with Crippen molar-refractivity contribution in [2.45, 2.75) is 45.7 Å². The normalized spacial score (nSPS) is 21.8. The molecule has 1 aromatic rings. The molecule has 1 fully saturated rings. The number of hydrogen-bond acceptors (Lipinski definition) is 3. The molecule has 98 valence electrons. The lowest BCUT2D eigenvalue weighted by molar-refractivity contribution is -0.122. The van der Waals surface area contributed by atoms with Crippen LogP contribution in [0.4, 0.5) is 0 Å². The van der Waals surface area contributed by atoms with Gasteiger partial charge in [-0.25, -0.2) is 9.78 Å². The molecular weight excluding hydrogens is 230 g/mol. The third-order valence-electron chi connectivity index (χ3n) is 3.43. The average Bonchev–Trinajstić information content (AvgIpc) is 2.61. The quantitative estimate of drug-likeness (QED) is 0.867. The second-order valence-corrected chi connectivity index (χ2v) is 5.70. The molecule has 1 unspecified atom stereocenters. The smallest absolute Gasteiger partial charge is 0.347 e. The van der Waals surface area contributed by atoms with Crippen molar-refractivity contribution in [2.24, 2.45) is 5.41 Å². The molecule has 1 N–H and O–H groups in total. The van der Waals surface area contributed by atoms with Crippen molar-refractivity contribution < 1.29 is 4.79 Å². The summed E-state index contributed by atoms with van der Waals surface area (Å²) >= 11 is 0. The fourth-order valence-electron chi connectivity index (χ4n) is 2.49. The maximum atomic E-state index is 11.8. The molecule has 1 heterocycles. The van der Waals surface area contributed by atoms with Crippen LogP contribution in [0.25, 0.3) is 0 Å².